The Morgan fingerprint density at radius 3 is 2.62 bits per heavy atom. The van der Waals surface area contributed by atoms with Crippen LogP contribution >= 0.6 is 0 Å². The minimum Gasteiger partial charge on any atom is -0.115 e. The molecule has 0 aromatic carbocycles. The van der Waals surface area contributed by atoms with E-state index in [1.54, 1.807) is 6.08 Å². The average molecular weight is 106 g/mol. The van der Waals surface area contributed by atoms with Gasteiger partial charge < -0.3 is 0 Å². The first kappa shape index (κ1) is 7.04. The molecule has 0 atom stereocenters. The van der Waals surface area contributed by atoms with Crippen LogP contribution in [0.3, 0.4) is 0 Å². The topological polar surface area (TPSA) is 0 Å². The molecule has 0 radical (unpaired) electrons. The number of terminal acetylenes is 1. The number of rotatable bonds is 1. The van der Waals surface area contributed by atoms with Crippen LogP contribution in [0.4, 0.5) is 0 Å². The zero-order chi connectivity index (χ0) is 6.41. The Hall–Kier alpha value is -0.960. The van der Waals surface area contributed by atoms with Crippen LogP contribution in [0.2, 0.25) is 0 Å². The van der Waals surface area contributed by atoms with Crippen molar-refractivity contribution in [3.8, 4) is 12.3 Å². The van der Waals surface area contributed by atoms with Gasteiger partial charge in [-0.2, -0.15) is 0 Å². The first-order chi connectivity index (χ1) is 3.81. The van der Waals surface area contributed by atoms with E-state index in [0.29, 0.717) is 0 Å². The molecule has 0 unspecified atom stereocenters. The van der Waals surface area contributed by atoms with Crippen LogP contribution in [-0.4, -0.2) is 0 Å². The van der Waals surface area contributed by atoms with Crippen LogP contribution in [-0.2, 0) is 0 Å². The maximum absolute atomic E-state index is 5.00. The van der Waals surface area contributed by atoms with Crippen LogP contribution in [0.15, 0.2) is 23.8 Å². The van der Waals surface area contributed by atoms with Crippen molar-refractivity contribution in [2.75, 3.05) is 0 Å². The van der Waals surface area contributed by atoms with E-state index in [4.69, 9.17) is 6.42 Å². The summed E-state index contributed by atoms with van der Waals surface area (Å²) in [6.07, 6.45) is 10.7. The largest absolute Gasteiger partial charge is 0.115 e. The van der Waals surface area contributed by atoms with Crippen molar-refractivity contribution in [1.29, 1.82) is 0 Å². The molecule has 0 rings (SSSR count). The van der Waals surface area contributed by atoms with E-state index in [9.17, 15) is 0 Å². The first-order valence-corrected chi connectivity index (χ1v) is 2.57. The highest BCUT2D eigenvalue weighted by Crippen LogP contribution is 1.91. The molecule has 0 aromatic heterocycles. The summed E-state index contributed by atoms with van der Waals surface area (Å²) < 4.78 is 0. The molecule has 0 aliphatic rings. The van der Waals surface area contributed by atoms with E-state index < -0.39 is 0 Å². The predicted molar refractivity (Wildman–Crippen MR) is 37.4 cm³/mol. The predicted octanol–water partition coefficient (Wildman–Crippen LogP) is 2.14. The minimum absolute atomic E-state index is 1.12. The van der Waals surface area contributed by atoms with Gasteiger partial charge in [-0.1, -0.05) is 18.1 Å². The van der Waals surface area contributed by atoms with Crippen molar-refractivity contribution < 1.29 is 0 Å². The van der Waals surface area contributed by atoms with Crippen molar-refractivity contribution in [1.82, 2.24) is 0 Å². The lowest BCUT2D eigenvalue weighted by Gasteiger charge is -1.81. The van der Waals surface area contributed by atoms with Crippen molar-refractivity contribution in [2.45, 2.75) is 13.8 Å². The number of hydrogen-bond donors (Lipinski definition) is 0. The lowest BCUT2D eigenvalue weighted by Crippen LogP contribution is -1.62. The second-order valence-corrected chi connectivity index (χ2v) is 1.56. The molecule has 0 fully saturated rings. The van der Waals surface area contributed by atoms with E-state index in [-0.39, 0.29) is 0 Å². The fraction of sp³-hybridized carbons (Fsp3) is 0.250. The Labute approximate surface area is 50.9 Å². The fourth-order valence-electron chi connectivity index (χ4n) is 0.442. The van der Waals surface area contributed by atoms with Crippen molar-refractivity contribution in [3.63, 3.8) is 0 Å². The lowest BCUT2D eigenvalue weighted by molar-refractivity contribution is 1.51. The van der Waals surface area contributed by atoms with E-state index in [0.717, 1.165) is 5.57 Å². The van der Waals surface area contributed by atoms with Gasteiger partial charge in [0.25, 0.3) is 0 Å². The Balaban J connectivity index is 3.85. The van der Waals surface area contributed by atoms with Crippen molar-refractivity contribution >= 4 is 0 Å². The second kappa shape index (κ2) is 4.21. The van der Waals surface area contributed by atoms with E-state index in [1.165, 1.54) is 0 Å². The Morgan fingerprint density at radius 2 is 2.25 bits per heavy atom. The Kier molecular flexibility index (Phi) is 3.70. The molecule has 0 aliphatic heterocycles. The molecule has 0 bridgehead atoms. The zero-order valence-electron chi connectivity index (χ0n) is 5.31. The van der Waals surface area contributed by atoms with Crippen LogP contribution in [0.25, 0.3) is 0 Å². The molecule has 0 heterocycles. The third-order valence-corrected chi connectivity index (χ3v) is 0.741. The van der Waals surface area contributed by atoms with Crippen LogP contribution < -0.4 is 0 Å². The number of hydrogen-bond acceptors (Lipinski definition) is 0. The van der Waals surface area contributed by atoms with Gasteiger partial charge in [-0.25, -0.2) is 0 Å². The normalized spacial score (nSPS) is 11.9. The van der Waals surface area contributed by atoms with E-state index >= 15 is 0 Å². The molecular weight excluding hydrogens is 96.1 g/mol. The van der Waals surface area contributed by atoms with Gasteiger partial charge in [0.15, 0.2) is 0 Å². The van der Waals surface area contributed by atoms with Gasteiger partial charge in [0, 0.05) is 0 Å². The van der Waals surface area contributed by atoms with Crippen molar-refractivity contribution in [3.05, 3.63) is 23.8 Å². The fourth-order valence-corrected chi connectivity index (χ4v) is 0.442. The van der Waals surface area contributed by atoms with Gasteiger partial charge in [0.05, 0.1) is 0 Å². The summed E-state index contributed by atoms with van der Waals surface area (Å²) in [7, 11) is 0. The standard InChI is InChI=1S/C8H10/c1-4-6-8(3)7-5-2/h1,5-7H,2-3H3/b7-5+,8-6+. The molecule has 0 aromatic rings. The molecule has 0 aliphatic carbocycles. The van der Waals surface area contributed by atoms with E-state index in [2.05, 4.69) is 5.92 Å². The lowest BCUT2D eigenvalue weighted by atomic mass is 10.3. The molecule has 0 saturated heterocycles. The summed E-state index contributed by atoms with van der Waals surface area (Å²) >= 11 is 0. The molecule has 0 N–H and O–H groups in total. The zero-order valence-corrected chi connectivity index (χ0v) is 5.31. The summed E-state index contributed by atoms with van der Waals surface area (Å²) in [5, 5.41) is 0. The highest BCUT2D eigenvalue weighted by Gasteiger charge is 1.72. The van der Waals surface area contributed by atoms with Gasteiger partial charge in [-0.3, -0.25) is 0 Å². The van der Waals surface area contributed by atoms with Gasteiger partial charge in [0.2, 0.25) is 0 Å². The van der Waals surface area contributed by atoms with E-state index in [1.807, 2.05) is 26.0 Å². The van der Waals surface area contributed by atoms with Gasteiger partial charge in [-0.15, -0.1) is 6.42 Å². The monoisotopic (exact) mass is 106 g/mol. The van der Waals surface area contributed by atoms with Crippen LogP contribution in [0.5, 0.6) is 0 Å². The average Bonchev–Trinajstić information content (AvgIpc) is 1.68. The molecule has 0 amide bonds. The van der Waals surface area contributed by atoms with Gasteiger partial charge >= 0.3 is 0 Å². The van der Waals surface area contributed by atoms with Gasteiger partial charge in [-0.05, 0) is 25.5 Å². The summed E-state index contributed by atoms with van der Waals surface area (Å²) in [5.41, 5.74) is 1.12. The Bertz CT molecular complexity index is 142. The summed E-state index contributed by atoms with van der Waals surface area (Å²) in [6.45, 7) is 3.94. The van der Waals surface area contributed by atoms with Gasteiger partial charge in [0.1, 0.15) is 0 Å². The highest BCUT2D eigenvalue weighted by molar-refractivity contribution is 5.24. The summed E-state index contributed by atoms with van der Waals surface area (Å²) in [6, 6.07) is 0. The third kappa shape index (κ3) is 3.24. The second-order valence-electron chi connectivity index (χ2n) is 1.56. The smallest absolute Gasteiger partial charge is 0.00924 e. The molecule has 0 heteroatoms. The van der Waals surface area contributed by atoms with Crippen molar-refractivity contribution in [2.24, 2.45) is 0 Å². The molecule has 0 nitrogen and oxygen atoms in total. The minimum atomic E-state index is 1.12. The van der Waals surface area contributed by atoms with Crippen LogP contribution in [0.1, 0.15) is 13.8 Å². The van der Waals surface area contributed by atoms with Crippen LogP contribution in [0, 0.1) is 12.3 Å². The molecule has 0 spiro atoms. The Morgan fingerprint density at radius 1 is 1.62 bits per heavy atom. The molecule has 8 heavy (non-hydrogen) atoms. The molecule has 0 saturated carbocycles. The molecular formula is C8H10. The quantitative estimate of drug-likeness (QED) is 0.355. The third-order valence-electron chi connectivity index (χ3n) is 0.741. The SMILES string of the molecule is C#C/C=C(C)/C=C/C. The summed E-state index contributed by atoms with van der Waals surface area (Å²) in [4.78, 5) is 0. The first-order valence-electron chi connectivity index (χ1n) is 2.57. The maximum Gasteiger partial charge on any atom is -0.00924 e. The maximum atomic E-state index is 5.00. The summed E-state index contributed by atoms with van der Waals surface area (Å²) in [5.74, 6) is 2.44. The number of allylic oxidation sites excluding steroid dienone is 4. The highest BCUT2D eigenvalue weighted by atomic mass is 13.8. The molecule has 42 valence electrons.